The highest BCUT2D eigenvalue weighted by atomic mass is 19.1. The first kappa shape index (κ1) is 15.1. The zero-order valence-electron chi connectivity index (χ0n) is 12.1. The molecular formula is C17H14F2N2O2. The zero-order valence-corrected chi connectivity index (χ0v) is 12.1. The molecule has 0 saturated carbocycles. The minimum atomic E-state index is -0.671. The Balaban J connectivity index is 1.69. The van der Waals surface area contributed by atoms with Crippen LogP contribution in [0.1, 0.15) is 16.8 Å². The number of hydrogen-bond donors (Lipinski definition) is 1. The molecule has 0 unspecified atom stereocenters. The van der Waals surface area contributed by atoms with E-state index in [-0.39, 0.29) is 17.3 Å². The SMILES string of the molecule is O=C(N[C@@H]1CCN(c2ccc(F)cc2)C1=O)c1cccc(F)c1. The number of carbonyl (C=O) groups excluding carboxylic acids is 2. The maximum Gasteiger partial charge on any atom is 0.252 e. The molecule has 6 heteroatoms. The summed E-state index contributed by atoms with van der Waals surface area (Å²) < 4.78 is 26.1. The number of benzene rings is 2. The van der Waals surface area contributed by atoms with E-state index in [1.165, 1.54) is 47.4 Å². The van der Waals surface area contributed by atoms with E-state index in [0.717, 1.165) is 6.07 Å². The maximum atomic E-state index is 13.1. The molecule has 2 aromatic rings. The second-order valence-electron chi connectivity index (χ2n) is 5.29. The molecule has 0 bridgehead atoms. The lowest BCUT2D eigenvalue weighted by molar-refractivity contribution is -0.118. The Bertz CT molecular complexity index is 747. The highest BCUT2D eigenvalue weighted by Crippen LogP contribution is 2.22. The Morgan fingerprint density at radius 1 is 1.09 bits per heavy atom. The van der Waals surface area contributed by atoms with Gasteiger partial charge in [0.25, 0.3) is 5.91 Å². The van der Waals surface area contributed by atoms with Crippen LogP contribution in [0.25, 0.3) is 0 Å². The third kappa shape index (κ3) is 3.21. The van der Waals surface area contributed by atoms with Crippen LogP contribution in [0.2, 0.25) is 0 Å². The second-order valence-corrected chi connectivity index (χ2v) is 5.29. The summed E-state index contributed by atoms with van der Waals surface area (Å²) in [5.74, 6) is -1.65. The summed E-state index contributed by atoms with van der Waals surface area (Å²) in [5, 5.41) is 2.61. The van der Waals surface area contributed by atoms with Crippen molar-refractivity contribution < 1.29 is 18.4 Å². The van der Waals surface area contributed by atoms with E-state index < -0.39 is 17.8 Å². The first-order valence-electron chi connectivity index (χ1n) is 7.18. The van der Waals surface area contributed by atoms with Gasteiger partial charge in [0.2, 0.25) is 5.91 Å². The van der Waals surface area contributed by atoms with E-state index in [0.29, 0.717) is 18.7 Å². The summed E-state index contributed by atoms with van der Waals surface area (Å²) in [6.07, 6.45) is 0.442. The van der Waals surface area contributed by atoms with E-state index in [4.69, 9.17) is 0 Å². The molecule has 0 aromatic heterocycles. The Hall–Kier alpha value is -2.76. The predicted molar refractivity (Wildman–Crippen MR) is 81.0 cm³/mol. The monoisotopic (exact) mass is 316 g/mol. The van der Waals surface area contributed by atoms with E-state index in [1.54, 1.807) is 0 Å². The summed E-state index contributed by atoms with van der Waals surface area (Å²) in [5.41, 5.74) is 0.747. The van der Waals surface area contributed by atoms with Gasteiger partial charge in [0.15, 0.2) is 0 Å². The topological polar surface area (TPSA) is 49.4 Å². The lowest BCUT2D eigenvalue weighted by atomic mass is 10.2. The van der Waals surface area contributed by atoms with Crippen LogP contribution in [0.4, 0.5) is 14.5 Å². The van der Waals surface area contributed by atoms with Gasteiger partial charge in [0.1, 0.15) is 17.7 Å². The Kier molecular flexibility index (Phi) is 4.06. The van der Waals surface area contributed by atoms with Crippen molar-refractivity contribution in [2.24, 2.45) is 0 Å². The van der Waals surface area contributed by atoms with E-state index in [2.05, 4.69) is 5.32 Å². The molecular weight excluding hydrogens is 302 g/mol. The van der Waals surface area contributed by atoms with Crippen LogP contribution in [-0.2, 0) is 4.79 Å². The van der Waals surface area contributed by atoms with Gasteiger partial charge in [-0.15, -0.1) is 0 Å². The van der Waals surface area contributed by atoms with Crippen LogP contribution < -0.4 is 10.2 Å². The predicted octanol–water partition coefficient (Wildman–Crippen LogP) is 2.50. The maximum absolute atomic E-state index is 13.1. The Morgan fingerprint density at radius 3 is 2.52 bits per heavy atom. The molecule has 3 rings (SSSR count). The number of hydrogen-bond acceptors (Lipinski definition) is 2. The molecule has 1 saturated heterocycles. The quantitative estimate of drug-likeness (QED) is 0.946. The molecule has 118 valence electrons. The summed E-state index contributed by atoms with van der Waals surface area (Å²) in [7, 11) is 0. The van der Waals surface area contributed by atoms with Crippen molar-refractivity contribution in [3.63, 3.8) is 0 Å². The minimum absolute atomic E-state index is 0.165. The average Bonchev–Trinajstić information content (AvgIpc) is 2.89. The van der Waals surface area contributed by atoms with Crippen molar-refractivity contribution >= 4 is 17.5 Å². The van der Waals surface area contributed by atoms with Crippen molar-refractivity contribution in [1.82, 2.24) is 5.32 Å². The van der Waals surface area contributed by atoms with E-state index >= 15 is 0 Å². The fraction of sp³-hybridized carbons (Fsp3) is 0.176. The standard InChI is InChI=1S/C17H14F2N2O2/c18-12-4-6-14(7-5-12)21-9-8-15(17(21)23)20-16(22)11-2-1-3-13(19)10-11/h1-7,10,15H,8-9H2,(H,20,22)/t15-/m1/s1. The lowest BCUT2D eigenvalue weighted by Crippen LogP contribution is -2.41. The fourth-order valence-electron chi connectivity index (χ4n) is 2.56. The van der Waals surface area contributed by atoms with Gasteiger partial charge in [-0.05, 0) is 48.9 Å². The van der Waals surface area contributed by atoms with Gasteiger partial charge < -0.3 is 10.2 Å². The molecule has 2 amide bonds. The molecule has 1 aliphatic heterocycles. The largest absolute Gasteiger partial charge is 0.340 e. The average molecular weight is 316 g/mol. The molecule has 4 nitrogen and oxygen atoms in total. The van der Waals surface area contributed by atoms with Crippen molar-refractivity contribution in [3.05, 3.63) is 65.7 Å². The van der Waals surface area contributed by atoms with Gasteiger partial charge in [-0.1, -0.05) is 6.07 Å². The molecule has 2 aromatic carbocycles. The van der Waals surface area contributed by atoms with Gasteiger partial charge in [0.05, 0.1) is 0 Å². The van der Waals surface area contributed by atoms with Gasteiger partial charge in [0, 0.05) is 17.8 Å². The van der Waals surface area contributed by atoms with Crippen LogP contribution in [0.5, 0.6) is 0 Å². The minimum Gasteiger partial charge on any atom is -0.340 e. The lowest BCUT2D eigenvalue weighted by Gasteiger charge is -2.17. The van der Waals surface area contributed by atoms with Crippen LogP contribution in [0.3, 0.4) is 0 Å². The van der Waals surface area contributed by atoms with E-state index in [1.807, 2.05) is 0 Å². The number of carbonyl (C=O) groups is 2. The van der Waals surface area contributed by atoms with Crippen molar-refractivity contribution in [1.29, 1.82) is 0 Å². The van der Waals surface area contributed by atoms with Crippen molar-refractivity contribution in [2.45, 2.75) is 12.5 Å². The van der Waals surface area contributed by atoms with Crippen LogP contribution >= 0.6 is 0 Å². The third-order valence-electron chi connectivity index (χ3n) is 3.74. The van der Waals surface area contributed by atoms with Crippen LogP contribution in [-0.4, -0.2) is 24.4 Å². The highest BCUT2D eigenvalue weighted by molar-refractivity contribution is 6.03. The number of anilines is 1. The van der Waals surface area contributed by atoms with Crippen LogP contribution in [0, 0.1) is 11.6 Å². The van der Waals surface area contributed by atoms with Gasteiger partial charge >= 0.3 is 0 Å². The first-order chi connectivity index (χ1) is 11.0. The van der Waals surface area contributed by atoms with E-state index in [9.17, 15) is 18.4 Å². The van der Waals surface area contributed by atoms with Crippen molar-refractivity contribution in [3.8, 4) is 0 Å². The Labute approximate surface area is 131 Å². The van der Waals surface area contributed by atoms with Crippen molar-refractivity contribution in [2.75, 3.05) is 11.4 Å². The molecule has 1 N–H and O–H groups in total. The third-order valence-corrected chi connectivity index (χ3v) is 3.74. The highest BCUT2D eigenvalue weighted by Gasteiger charge is 2.33. The number of nitrogens with one attached hydrogen (secondary N) is 1. The van der Waals surface area contributed by atoms with Gasteiger partial charge in [-0.25, -0.2) is 8.78 Å². The smallest absolute Gasteiger partial charge is 0.252 e. The fourth-order valence-corrected chi connectivity index (χ4v) is 2.56. The van der Waals surface area contributed by atoms with Gasteiger partial charge in [-0.3, -0.25) is 9.59 Å². The number of nitrogens with zero attached hydrogens (tertiary/aromatic N) is 1. The molecule has 1 atom stereocenters. The molecule has 1 fully saturated rings. The number of halogens is 2. The normalized spacial score (nSPS) is 17.4. The zero-order chi connectivity index (χ0) is 16.4. The number of rotatable bonds is 3. The first-order valence-corrected chi connectivity index (χ1v) is 7.18. The molecule has 0 spiro atoms. The second kappa shape index (κ2) is 6.16. The molecule has 0 radical (unpaired) electrons. The molecule has 23 heavy (non-hydrogen) atoms. The Morgan fingerprint density at radius 2 is 1.83 bits per heavy atom. The molecule has 1 aliphatic rings. The summed E-state index contributed by atoms with van der Waals surface area (Å²) >= 11 is 0. The summed E-state index contributed by atoms with van der Waals surface area (Å²) in [6.45, 7) is 0.429. The van der Waals surface area contributed by atoms with Gasteiger partial charge in [-0.2, -0.15) is 0 Å². The molecule has 0 aliphatic carbocycles. The molecule has 1 heterocycles. The van der Waals surface area contributed by atoms with Crippen LogP contribution in [0.15, 0.2) is 48.5 Å². The number of amides is 2. The summed E-state index contributed by atoms with van der Waals surface area (Å²) in [6, 6.07) is 10.2. The summed E-state index contributed by atoms with van der Waals surface area (Å²) in [4.78, 5) is 26.0.